The molecule has 0 saturated carbocycles. The SMILES string of the molecule is CC1(C)c2ccccc2-c2cc3c(cc21)-c1ccccc1C31c2ccccc2C=Cc2ccc(-c3cnc4c(c3)c3ccccc3n4-c3ccccn3)cc21. The van der Waals surface area contributed by atoms with Crippen molar-refractivity contribution in [3.63, 3.8) is 0 Å². The van der Waals surface area contributed by atoms with E-state index in [4.69, 9.17) is 9.97 Å². The Hall–Kier alpha value is -6.84. The van der Waals surface area contributed by atoms with Gasteiger partial charge in [-0.1, -0.05) is 135 Å². The number of aromatic nitrogens is 3. The van der Waals surface area contributed by atoms with Crippen LogP contribution in [0.1, 0.15) is 58.4 Å². The zero-order valence-electron chi connectivity index (χ0n) is 30.6. The maximum atomic E-state index is 5.18. The quantitative estimate of drug-likeness (QED) is 0.180. The molecule has 3 heterocycles. The van der Waals surface area contributed by atoms with E-state index >= 15 is 0 Å². The molecule has 0 aliphatic heterocycles. The molecule has 3 aromatic heterocycles. The average molecular weight is 702 g/mol. The molecule has 6 aromatic carbocycles. The number of para-hydroxylation sites is 1. The monoisotopic (exact) mass is 701 g/mol. The van der Waals surface area contributed by atoms with Gasteiger partial charge in [-0.3, -0.25) is 4.57 Å². The summed E-state index contributed by atoms with van der Waals surface area (Å²) in [7, 11) is 0. The number of pyridine rings is 2. The predicted molar refractivity (Wildman–Crippen MR) is 226 cm³/mol. The van der Waals surface area contributed by atoms with Gasteiger partial charge in [-0.05, 0) is 115 Å². The van der Waals surface area contributed by atoms with Crippen molar-refractivity contribution in [1.29, 1.82) is 0 Å². The van der Waals surface area contributed by atoms with Gasteiger partial charge in [0, 0.05) is 34.1 Å². The summed E-state index contributed by atoms with van der Waals surface area (Å²) in [4.78, 5) is 9.90. The number of hydrogen-bond acceptors (Lipinski definition) is 2. The zero-order chi connectivity index (χ0) is 36.5. The van der Waals surface area contributed by atoms with Crippen LogP contribution in [-0.4, -0.2) is 14.5 Å². The second kappa shape index (κ2) is 10.9. The Kier molecular flexibility index (Phi) is 6.05. The van der Waals surface area contributed by atoms with Crippen molar-refractivity contribution < 1.29 is 0 Å². The average Bonchev–Trinajstić information content (AvgIpc) is 3.76. The van der Waals surface area contributed by atoms with Gasteiger partial charge in [-0.2, -0.15) is 0 Å². The lowest BCUT2D eigenvalue weighted by atomic mass is 9.65. The van der Waals surface area contributed by atoms with Crippen molar-refractivity contribution >= 4 is 34.1 Å². The second-order valence-electron chi connectivity index (χ2n) is 15.8. The van der Waals surface area contributed by atoms with Crippen LogP contribution in [0, 0.1) is 0 Å². The lowest BCUT2D eigenvalue weighted by molar-refractivity contribution is 0.660. The van der Waals surface area contributed by atoms with Crippen LogP contribution in [0.2, 0.25) is 0 Å². The molecule has 0 saturated heterocycles. The van der Waals surface area contributed by atoms with E-state index in [1.807, 2.05) is 30.6 Å². The number of benzene rings is 6. The molecule has 1 spiro atoms. The van der Waals surface area contributed by atoms with Crippen LogP contribution in [0.25, 0.3) is 73.3 Å². The number of hydrogen-bond donors (Lipinski definition) is 0. The lowest BCUT2D eigenvalue weighted by Gasteiger charge is -2.36. The van der Waals surface area contributed by atoms with E-state index in [9.17, 15) is 0 Å². The fourth-order valence-electron chi connectivity index (χ4n) is 10.3. The van der Waals surface area contributed by atoms with E-state index in [0.29, 0.717) is 0 Å². The number of fused-ring (bicyclic) bond motifs is 15. The Morgan fingerprint density at radius 3 is 1.96 bits per heavy atom. The largest absolute Gasteiger partial charge is 0.278 e. The van der Waals surface area contributed by atoms with Crippen molar-refractivity contribution in [2.45, 2.75) is 24.7 Å². The topological polar surface area (TPSA) is 30.7 Å². The maximum absolute atomic E-state index is 5.18. The minimum Gasteiger partial charge on any atom is -0.278 e. The Balaban J connectivity index is 1.15. The molecule has 3 aliphatic carbocycles. The van der Waals surface area contributed by atoms with Gasteiger partial charge in [0.1, 0.15) is 11.5 Å². The first-order valence-electron chi connectivity index (χ1n) is 19.2. The summed E-state index contributed by atoms with van der Waals surface area (Å²) in [6.07, 6.45) is 8.52. The summed E-state index contributed by atoms with van der Waals surface area (Å²) in [6.45, 7) is 4.76. The molecular weight excluding hydrogens is 667 g/mol. The van der Waals surface area contributed by atoms with Crippen molar-refractivity contribution in [3.8, 4) is 39.2 Å². The van der Waals surface area contributed by atoms with Gasteiger partial charge < -0.3 is 0 Å². The minimum atomic E-state index is -0.541. The van der Waals surface area contributed by atoms with Gasteiger partial charge in [0.2, 0.25) is 0 Å². The van der Waals surface area contributed by atoms with E-state index in [1.165, 1.54) is 66.8 Å². The smallest absolute Gasteiger partial charge is 0.146 e. The molecule has 9 aromatic rings. The summed E-state index contributed by atoms with van der Waals surface area (Å²) in [5.41, 5.74) is 19.5. The van der Waals surface area contributed by atoms with Crippen molar-refractivity contribution in [2.75, 3.05) is 0 Å². The Bertz CT molecular complexity index is 3130. The molecule has 0 bridgehead atoms. The Morgan fingerprint density at radius 2 is 1.13 bits per heavy atom. The van der Waals surface area contributed by atoms with E-state index in [-0.39, 0.29) is 5.41 Å². The van der Waals surface area contributed by atoms with E-state index < -0.39 is 5.41 Å². The first-order chi connectivity index (χ1) is 27.0. The zero-order valence-corrected chi connectivity index (χ0v) is 30.6. The van der Waals surface area contributed by atoms with Crippen molar-refractivity contribution in [3.05, 3.63) is 209 Å². The van der Waals surface area contributed by atoms with Gasteiger partial charge in [-0.25, -0.2) is 9.97 Å². The predicted octanol–water partition coefficient (Wildman–Crippen LogP) is 12.4. The molecule has 55 heavy (non-hydrogen) atoms. The molecule has 0 amide bonds. The molecular formula is C52H35N3. The standard InChI is InChI=1S/C52H35N3/c1-51(2)43-18-8-4-14-36(43)39-30-47-40(29-46(39)51)37-15-5-9-19-44(37)52(47)42-17-7-3-13-32(42)22-23-33-24-25-34(28-45(33)52)35-27-41-38-16-6-10-20-48(38)55(50(41)54-31-35)49-21-11-12-26-53-49/h3-31H,1-2H3. The van der Waals surface area contributed by atoms with Crippen LogP contribution in [0.3, 0.4) is 0 Å². The molecule has 0 N–H and O–H groups in total. The van der Waals surface area contributed by atoms with Gasteiger partial charge >= 0.3 is 0 Å². The van der Waals surface area contributed by atoms with Gasteiger partial charge in [0.25, 0.3) is 0 Å². The first kappa shape index (κ1) is 30.6. The van der Waals surface area contributed by atoms with E-state index in [0.717, 1.165) is 38.9 Å². The summed E-state index contributed by atoms with van der Waals surface area (Å²) < 4.78 is 2.17. The normalized spacial score (nSPS) is 16.7. The van der Waals surface area contributed by atoms with Crippen LogP contribution in [0.5, 0.6) is 0 Å². The highest BCUT2D eigenvalue weighted by Crippen LogP contribution is 2.62. The molecule has 3 heteroatoms. The lowest BCUT2D eigenvalue weighted by Crippen LogP contribution is -2.30. The molecule has 0 radical (unpaired) electrons. The van der Waals surface area contributed by atoms with Crippen LogP contribution < -0.4 is 0 Å². The molecule has 3 aliphatic rings. The summed E-state index contributed by atoms with van der Waals surface area (Å²) in [6, 6.07) is 56.2. The fourth-order valence-corrected chi connectivity index (χ4v) is 10.3. The third kappa shape index (κ3) is 3.94. The van der Waals surface area contributed by atoms with Crippen molar-refractivity contribution in [2.24, 2.45) is 0 Å². The van der Waals surface area contributed by atoms with E-state index in [2.05, 4.69) is 164 Å². The second-order valence-corrected chi connectivity index (χ2v) is 15.8. The minimum absolute atomic E-state index is 0.0923. The summed E-state index contributed by atoms with van der Waals surface area (Å²) in [5, 5.41) is 2.28. The van der Waals surface area contributed by atoms with Crippen molar-refractivity contribution in [1.82, 2.24) is 14.5 Å². The first-order valence-corrected chi connectivity index (χ1v) is 19.2. The maximum Gasteiger partial charge on any atom is 0.146 e. The van der Waals surface area contributed by atoms with E-state index in [1.54, 1.807) is 0 Å². The van der Waals surface area contributed by atoms with Crippen LogP contribution in [-0.2, 0) is 10.8 Å². The number of rotatable bonds is 2. The Labute approximate surface area is 319 Å². The fraction of sp³-hybridized carbons (Fsp3) is 0.0769. The van der Waals surface area contributed by atoms with Gasteiger partial charge in [0.05, 0.1) is 10.9 Å². The molecule has 12 rings (SSSR count). The third-order valence-corrected chi connectivity index (χ3v) is 12.7. The molecule has 1 atom stereocenters. The van der Waals surface area contributed by atoms with Crippen LogP contribution in [0.15, 0.2) is 164 Å². The van der Waals surface area contributed by atoms with Gasteiger partial charge in [-0.15, -0.1) is 0 Å². The highest BCUT2D eigenvalue weighted by molar-refractivity contribution is 6.09. The van der Waals surface area contributed by atoms with Crippen LogP contribution >= 0.6 is 0 Å². The molecule has 1 unspecified atom stereocenters. The molecule has 0 fully saturated rings. The third-order valence-electron chi connectivity index (χ3n) is 12.7. The van der Waals surface area contributed by atoms with Gasteiger partial charge in [0.15, 0.2) is 0 Å². The highest BCUT2D eigenvalue weighted by Gasteiger charge is 2.50. The molecule has 3 nitrogen and oxygen atoms in total. The summed E-state index contributed by atoms with van der Waals surface area (Å²) >= 11 is 0. The summed E-state index contributed by atoms with van der Waals surface area (Å²) in [5.74, 6) is 0.863. The highest BCUT2D eigenvalue weighted by atomic mass is 15.1. The van der Waals surface area contributed by atoms with Crippen LogP contribution in [0.4, 0.5) is 0 Å². The Morgan fingerprint density at radius 1 is 0.455 bits per heavy atom. The molecule has 258 valence electrons. The number of nitrogens with zero attached hydrogens (tertiary/aromatic N) is 3.